The number of thiazole rings is 1. The van der Waals surface area contributed by atoms with E-state index in [0.717, 1.165) is 27.9 Å². The zero-order chi connectivity index (χ0) is 16.6. The van der Waals surface area contributed by atoms with Crippen molar-refractivity contribution in [3.05, 3.63) is 59.2 Å². The summed E-state index contributed by atoms with van der Waals surface area (Å²) in [4.78, 5) is 18.5. The maximum Gasteiger partial charge on any atom is 0.263 e. The predicted molar refractivity (Wildman–Crippen MR) is 88.1 cm³/mol. The minimum Gasteiger partial charge on any atom is -0.284 e. The zero-order valence-electron chi connectivity index (χ0n) is 12.6. The van der Waals surface area contributed by atoms with Gasteiger partial charge in [0, 0.05) is 12.6 Å². The van der Waals surface area contributed by atoms with Crippen LogP contribution in [0.1, 0.15) is 22.8 Å². The number of amides is 1. The number of benzene rings is 2. The molecule has 0 spiro atoms. The van der Waals surface area contributed by atoms with Crippen molar-refractivity contribution in [2.75, 3.05) is 11.4 Å². The van der Waals surface area contributed by atoms with Gasteiger partial charge in [0.15, 0.2) is 5.13 Å². The Labute approximate surface area is 136 Å². The van der Waals surface area contributed by atoms with Crippen LogP contribution in [0.5, 0.6) is 0 Å². The Morgan fingerprint density at radius 3 is 2.70 bits per heavy atom. The second kappa shape index (κ2) is 6.04. The van der Waals surface area contributed by atoms with Crippen LogP contribution in [0.25, 0.3) is 10.2 Å². The summed E-state index contributed by atoms with van der Waals surface area (Å²) in [6, 6.07) is 8.76. The number of carbonyl (C=O) groups excluding carboxylic acids is 1. The monoisotopic (exact) mass is 332 g/mol. The molecule has 0 aliphatic heterocycles. The molecule has 1 heterocycles. The van der Waals surface area contributed by atoms with E-state index in [1.165, 1.54) is 16.2 Å². The third-order valence-corrected chi connectivity index (χ3v) is 4.61. The van der Waals surface area contributed by atoms with Crippen LogP contribution in [0.2, 0.25) is 0 Å². The van der Waals surface area contributed by atoms with Crippen molar-refractivity contribution in [3.8, 4) is 0 Å². The molecule has 0 atom stereocenters. The van der Waals surface area contributed by atoms with Gasteiger partial charge in [0.05, 0.1) is 15.8 Å². The van der Waals surface area contributed by atoms with E-state index in [9.17, 15) is 13.6 Å². The highest BCUT2D eigenvalue weighted by molar-refractivity contribution is 7.22. The van der Waals surface area contributed by atoms with E-state index in [2.05, 4.69) is 4.98 Å². The third kappa shape index (κ3) is 2.82. The lowest BCUT2D eigenvalue weighted by molar-refractivity contribution is 0.0984. The summed E-state index contributed by atoms with van der Waals surface area (Å²) < 4.78 is 27.9. The molecule has 6 heteroatoms. The van der Waals surface area contributed by atoms with E-state index in [4.69, 9.17) is 0 Å². The summed E-state index contributed by atoms with van der Waals surface area (Å²) in [5.74, 6) is -2.11. The number of nitrogens with zero attached hydrogens (tertiary/aromatic N) is 2. The van der Waals surface area contributed by atoms with Crippen LogP contribution in [0.4, 0.5) is 13.9 Å². The van der Waals surface area contributed by atoms with Crippen LogP contribution in [0.15, 0.2) is 36.4 Å². The molecule has 0 radical (unpaired) electrons. The Kier molecular flexibility index (Phi) is 4.09. The van der Waals surface area contributed by atoms with E-state index in [0.29, 0.717) is 17.7 Å². The molecule has 1 amide bonds. The molecule has 0 aliphatic rings. The topological polar surface area (TPSA) is 33.2 Å². The first-order valence-electron chi connectivity index (χ1n) is 7.14. The number of halogens is 2. The highest BCUT2D eigenvalue weighted by Crippen LogP contribution is 2.31. The van der Waals surface area contributed by atoms with Crippen LogP contribution >= 0.6 is 11.3 Å². The van der Waals surface area contributed by atoms with Crippen LogP contribution in [-0.4, -0.2) is 17.4 Å². The second-order valence-electron chi connectivity index (χ2n) is 5.09. The molecular weight excluding hydrogens is 318 g/mol. The molecule has 2 aromatic carbocycles. The maximum absolute atomic E-state index is 13.9. The summed E-state index contributed by atoms with van der Waals surface area (Å²) in [5, 5.41) is 0.505. The first-order valence-corrected chi connectivity index (χ1v) is 7.96. The van der Waals surface area contributed by atoms with Gasteiger partial charge in [-0.15, -0.1) is 0 Å². The van der Waals surface area contributed by atoms with Gasteiger partial charge in [-0.05, 0) is 37.6 Å². The normalized spacial score (nSPS) is 11.0. The molecular formula is C17H14F2N2OS. The van der Waals surface area contributed by atoms with Crippen molar-refractivity contribution in [1.29, 1.82) is 0 Å². The minimum absolute atomic E-state index is 0.163. The van der Waals surface area contributed by atoms with Gasteiger partial charge in [-0.3, -0.25) is 9.69 Å². The van der Waals surface area contributed by atoms with Gasteiger partial charge < -0.3 is 0 Å². The number of aromatic nitrogens is 1. The van der Waals surface area contributed by atoms with Gasteiger partial charge in [0.2, 0.25) is 0 Å². The van der Waals surface area contributed by atoms with Gasteiger partial charge in [-0.25, -0.2) is 13.8 Å². The SMILES string of the molecule is CCN(C(=O)c1ccc(F)cc1F)c1nc2c(C)cccc2s1. The van der Waals surface area contributed by atoms with Crippen molar-refractivity contribution in [3.63, 3.8) is 0 Å². The van der Waals surface area contributed by atoms with Crippen LogP contribution < -0.4 is 4.90 Å². The minimum atomic E-state index is -0.870. The fraction of sp³-hybridized carbons (Fsp3) is 0.176. The van der Waals surface area contributed by atoms with Gasteiger partial charge in [-0.1, -0.05) is 23.5 Å². The number of fused-ring (bicyclic) bond motifs is 1. The summed E-state index contributed by atoms with van der Waals surface area (Å²) in [7, 11) is 0. The molecule has 3 aromatic rings. The van der Waals surface area contributed by atoms with E-state index in [-0.39, 0.29) is 5.56 Å². The Balaban J connectivity index is 2.03. The highest BCUT2D eigenvalue weighted by atomic mass is 32.1. The third-order valence-electron chi connectivity index (χ3n) is 3.56. The number of carbonyl (C=O) groups is 1. The molecule has 0 saturated heterocycles. The molecule has 3 nitrogen and oxygen atoms in total. The Hall–Kier alpha value is -2.34. The van der Waals surface area contributed by atoms with Crippen LogP contribution in [0.3, 0.4) is 0 Å². The number of anilines is 1. The van der Waals surface area contributed by atoms with Gasteiger partial charge in [0.1, 0.15) is 11.6 Å². The van der Waals surface area contributed by atoms with E-state index in [1.54, 1.807) is 6.92 Å². The Bertz CT molecular complexity index is 891. The van der Waals surface area contributed by atoms with Crippen molar-refractivity contribution < 1.29 is 13.6 Å². The standard InChI is InChI=1S/C17H14F2N2OS/c1-3-21(16(22)12-8-7-11(18)9-13(12)19)17-20-15-10(2)5-4-6-14(15)23-17/h4-9H,3H2,1-2H3. The van der Waals surface area contributed by atoms with Crippen LogP contribution in [-0.2, 0) is 0 Å². The molecule has 23 heavy (non-hydrogen) atoms. The summed E-state index contributed by atoms with van der Waals surface area (Å²) in [6.07, 6.45) is 0. The summed E-state index contributed by atoms with van der Waals surface area (Å²) in [5.41, 5.74) is 1.68. The predicted octanol–water partition coefficient (Wildman–Crippen LogP) is 4.55. The van der Waals surface area contributed by atoms with Gasteiger partial charge >= 0.3 is 0 Å². The van der Waals surface area contributed by atoms with Gasteiger partial charge in [-0.2, -0.15) is 0 Å². The van der Waals surface area contributed by atoms with E-state index >= 15 is 0 Å². The number of aryl methyl sites for hydroxylation is 1. The van der Waals surface area contributed by atoms with E-state index in [1.807, 2.05) is 25.1 Å². The fourth-order valence-corrected chi connectivity index (χ4v) is 3.47. The lowest BCUT2D eigenvalue weighted by Crippen LogP contribution is -2.31. The molecule has 118 valence electrons. The maximum atomic E-state index is 13.9. The van der Waals surface area contributed by atoms with Crippen molar-refractivity contribution >= 4 is 32.6 Å². The Morgan fingerprint density at radius 2 is 2.04 bits per heavy atom. The largest absolute Gasteiger partial charge is 0.284 e. The number of hydrogen-bond acceptors (Lipinski definition) is 3. The van der Waals surface area contributed by atoms with E-state index < -0.39 is 17.5 Å². The average Bonchev–Trinajstić information content (AvgIpc) is 2.93. The molecule has 0 N–H and O–H groups in total. The first kappa shape index (κ1) is 15.6. The molecule has 0 saturated carbocycles. The molecule has 3 rings (SSSR count). The molecule has 0 bridgehead atoms. The number of hydrogen-bond donors (Lipinski definition) is 0. The molecule has 0 fully saturated rings. The van der Waals surface area contributed by atoms with Gasteiger partial charge in [0.25, 0.3) is 5.91 Å². The average molecular weight is 332 g/mol. The quantitative estimate of drug-likeness (QED) is 0.705. The highest BCUT2D eigenvalue weighted by Gasteiger charge is 2.22. The number of para-hydroxylation sites is 1. The summed E-state index contributed by atoms with van der Waals surface area (Å²) >= 11 is 1.37. The first-order chi connectivity index (χ1) is 11.0. The molecule has 1 aromatic heterocycles. The van der Waals surface area contributed by atoms with Crippen molar-refractivity contribution in [2.45, 2.75) is 13.8 Å². The Morgan fingerprint density at radius 1 is 1.26 bits per heavy atom. The van der Waals surface area contributed by atoms with Crippen molar-refractivity contribution in [1.82, 2.24) is 4.98 Å². The lowest BCUT2D eigenvalue weighted by atomic mass is 10.2. The number of rotatable bonds is 3. The molecule has 0 unspecified atom stereocenters. The zero-order valence-corrected chi connectivity index (χ0v) is 13.5. The fourth-order valence-electron chi connectivity index (χ4n) is 2.36. The van der Waals surface area contributed by atoms with Crippen LogP contribution in [0, 0.1) is 18.6 Å². The molecule has 0 aliphatic carbocycles. The van der Waals surface area contributed by atoms with Crippen molar-refractivity contribution in [2.24, 2.45) is 0 Å². The summed E-state index contributed by atoms with van der Waals surface area (Å²) in [6.45, 7) is 4.08. The second-order valence-corrected chi connectivity index (χ2v) is 6.10. The lowest BCUT2D eigenvalue weighted by Gasteiger charge is -2.17. The smallest absolute Gasteiger partial charge is 0.263 e.